The zero-order chi connectivity index (χ0) is 22.7. The van der Waals surface area contributed by atoms with Crippen molar-refractivity contribution in [3.05, 3.63) is 77.4 Å². The number of hydrogen-bond donors (Lipinski definition) is 1. The van der Waals surface area contributed by atoms with Crippen molar-refractivity contribution in [2.24, 2.45) is 0 Å². The second-order valence-corrected chi connectivity index (χ2v) is 7.48. The third kappa shape index (κ3) is 3.97. The molecule has 1 aliphatic rings. The molecule has 0 aromatic heterocycles. The molecule has 32 heavy (non-hydrogen) atoms. The van der Waals surface area contributed by atoms with Gasteiger partial charge in [-0.2, -0.15) is 0 Å². The van der Waals surface area contributed by atoms with Crippen LogP contribution in [0.5, 0.6) is 0 Å². The largest absolute Gasteiger partial charge is 0.452 e. The van der Waals surface area contributed by atoms with Crippen molar-refractivity contribution < 1.29 is 23.9 Å². The third-order valence-electron chi connectivity index (χ3n) is 5.32. The average Bonchev–Trinajstić information content (AvgIpc) is 2.81. The van der Waals surface area contributed by atoms with Crippen molar-refractivity contribution in [2.45, 2.75) is 19.8 Å². The molecule has 1 aliphatic heterocycles. The van der Waals surface area contributed by atoms with Crippen LogP contribution >= 0.6 is 0 Å². The first kappa shape index (κ1) is 21.2. The Labute approximate surface area is 185 Å². The third-order valence-corrected chi connectivity index (χ3v) is 5.32. The molecule has 0 spiro atoms. The molecule has 3 amide bonds. The molecule has 3 aromatic carbocycles. The second-order valence-electron chi connectivity index (χ2n) is 7.48. The highest BCUT2D eigenvalue weighted by Gasteiger charge is 2.33. The summed E-state index contributed by atoms with van der Waals surface area (Å²) in [4.78, 5) is 51.2. The molecule has 0 saturated heterocycles. The lowest BCUT2D eigenvalue weighted by atomic mass is 9.94. The number of esters is 1. The van der Waals surface area contributed by atoms with Crippen LogP contribution in [-0.4, -0.2) is 36.8 Å². The van der Waals surface area contributed by atoms with Gasteiger partial charge >= 0.3 is 5.97 Å². The monoisotopic (exact) mass is 430 g/mol. The van der Waals surface area contributed by atoms with Crippen molar-refractivity contribution in [2.75, 3.05) is 18.1 Å². The molecule has 1 N–H and O–H groups in total. The summed E-state index contributed by atoms with van der Waals surface area (Å²) in [6.45, 7) is 2.19. The summed E-state index contributed by atoms with van der Waals surface area (Å²) in [5.74, 6) is -1.86. The summed E-state index contributed by atoms with van der Waals surface area (Å²) in [5, 5.41) is 4.15. The van der Waals surface area contributed by atoms with Crippen molar-refractivity contribution in [3.8, 4) is 0 Å². The molecule has 7 nitrogen and oxygen atoms in total. The zero-order valence-electron chi connectivity index (χ0n) is 17.6. The maximum Gasteiger partial charge on any atom is 0.338 e. The molecule has 0 bridgehead atoms. The van der Waals surface area contributed by atoms with E-state index in [0.717, 1.165) is 23.1 Å². The fourth-order valence-electron chi connectivity index (χ4n) is 3.68. The Balaban J connectivity index is 1.50. The van der Waals surface area contributed by atoms with Crippen LogP contribution in [0, 0.1) is 0 Å². The van der Waals surface area contributed by atoms with E-state index in [-0.39, 0.29) is 18.1 Å². The number of ether oxygens (including phenoxy) is 1. The maximum absolute atomic E-state index is 13.1. The minimum Gasteiger partial charge on any atom is -0.452 e. The Morgan fingerprint density at radius 2 is 1.53 bits per heavy atom. The number of anilines is 1. The quantitative estimate of drug-likeness (QED) is 0.350. The van der Waals surface area contributed by atoms with E-state index in [4.69, 9.17) is 4.74 Å². The Hall–Kier alpha value is -4.00. The van der Waals surface area contributed by atoms with Gasteiger partial charge in [0.05, 0.1) is 11.3 Å². The fraction of sp³-hybridized carbons (Fsp3) is 0.200. The predicted molar refractivity (Wildman–Crippen MR) is 120 cm³/mol. The Kier molecular flexibility index (Phi) is 5.98. The molecule has 0 fully saturated rings. The first-order chi connectivity index (χ1) is 15.5. The molecule has 0 unspecified atom stereocenters. The number of nitrogens with zero attached hydrogens (tertiary/aromatic N) is 1. The summed E-state index contributed by atoms with van der Waals surface area (Å²) in [7, 11) is 0. The molecule has 0 aliphatic carbocycles. The molecule has 0 saturated carbocycles. The first-order valence-corrected chi connectivity index (χ1v) is 10.5. The van der Waals surface area contributed by atoms with Gasteiger partial charge in [0.15, 0.2) is 6.61 Å². The van der Waals surface area contributed by atoms with Gasteiger partial charge < -0.3 is 10.1 Å². The van der Waals surface area contributed by atoms with E-state index in [9.17, 15) is 19.2 Å². The second kappa shape index (κ2) is 9.01. The van der Waals surface area contributed by atoms with Gasteiger partial charge in [-0.15, -0.1) is 0 Å². The summed E-state index contributed by atoms with van der Waals surface area (Å²) < 4.78 is 5.03. The van der Waals surface area contributed by atoms with E-state index >= 15 is 0 Å². The summed E-state index contributed by atoms with van der Waals surface area (Å²) >= 11 is 0. The van der Waals surface area contributed by atoms with Crippen molar-refractivity contribution in [1.29, 1.82) is 0 Å². The maximum atomic E-state index is 13.1. The van der Waals surface area contributed by atoms with Crippen LogP contribution in [0.15, 0.2) is 60.7 Å². The van der Waals surface area contributed by atoms with E-state index in [1.807, 2.05) is 19.1 Å². The van der Waals surface area contributed by atoms with Crippen LogP contribution in [0.25, 0.3) is 10.8 Å². The summed E-state index contributed by atoms with van der Waals surface area (Å²) in [6, 6.07) is 16.7. The van der Waals surface area contributed by atoms with Crippen LogP contribution in [0.1, 0.15) is 50.8 Å². The van der Waals surface area contributed by atoms with Gasteiger partial charge in [-0.3, -0.25) is 14.4 Å². The Morgan fingerprint density at radius 1 is 0.906 bits per heavy atom. The van der Waals surface area contributed by atoms with E-state index in [1.165, 1.54) is 24.3 Å². The van der Waals surface area contributed by atoms with Crippen LogP contribution < -0.4 is 10.2 Å². The number of unbranched alkanes of at least 4 members (excludes halogenated alkanes) is 1. The van der Waals surface area contributed by atoms with Crippen molar-refractivity contribution in [1.82, 2.24) is 5.32 Å². The normalized spacial score (nSPS) is 12.7. The Bertz CT molecular complexity index is 1170. The molecule has 0 atom stereocenters. The van der Waals surface area contributed by atoms with Crippen LogP contribution in [0.3, 0.4) is 0 Å². The van der Waals surface area contributed by atoms with Crippen LogP contribution in [-0.2, 0) is 9.53 Å². The first-order valence-electron chi connectivity index (χ1n) is 10.5. The minimum atomic E-state index is -0.659. The number of amides is 3. The number of imide groups is 1. The molecule has 0 radical (unpaired) electrons. The lowest BCUT2D eigenvalue weighted by Crippen LogP contribution is -2.40. The molecular weight excluding hydrogens is 408 g/mol. The molecule has 3 aromatic rings. The van der Waals surface area contributed by atoms with Gasteiger partial charge in [0.1, 0.15) is 0 Å². The summed E-state index contributed by atoms with van der Waals surface area (Å²) in [6.07, 6.45) is 1.81. The van der Waals surface area contributed by atoms with E-state index in [2.05, 4.69) is 5.32 Å². The molecule has 7 heteroatoms. The number of rotatable bonds is 7. The predicted octanol–water partition coefficient (Wildman–Crippen LogP) is 3.71. The van der Waals surface area contributed by atoms with Gasteiger partial charge in [-0.1, -0.05) is 37.6 Å². The van der Waals surface area contributed by atoms with Crippen LogP contribution in [0.4, 0.5) is 5.69 Å². The molecule has 162 valence electrons. The fourth-order valence-corrected chi connectivity index (χ4v) is 3.68. The topological polar surface area (TPSA) is 92.8 Å². The lowest BCUT2D eigenvalue weighted by molar-refractivity contribution is -0.124. The van der Waals surface area contributed by atoms with Gasteiger partial charge in [0.25, 0.3) is 17.7 Å². The number of nitrogens with one attached hydrogen (secondary N) is 1. The zero-order valence-corrected chi connectivity index (χ0v) is 17.6. The van der Waals surface area contributed by atoms with E-state index < -0.39 is 17.8 Å². The van der Waals surface area contributed by atoms with Crippen molar-refractivity contribution >= 4 is 40.2 Å². The van der Waals surface area contributed by atoms with Crippen LogP contribution in [0.2, 0.25) is 0 Å². The van der Waals surface area contributed by atoms with E-state index in [0.29, 0.717) is 28.7 Å². The smallest absolute Gasteiger partial charge is 0.338 e. The Morgan fingerprint density at radius 3 is 2.12 bits per heavy atom. The molecule has 1 heterocycles. The van der Waals surface area contributed by atoms with Gasteiger partial charge in [0, 0.05) is 23.1 Å². The number of benzene rings is 3. The van der Waals surface area contributed by atoms with Crippen molar-refractivity contribution in [3.63, 3.8) is 0 Å². The highest BCUT2D eigenvalue weighted by Crippen LogP contribution is 2.32. The molecular formula is C25H22N2O5. The number of carbonyl (C=O) groups excluding carboxylic acids is 4. The summed E-state index contributed by atoms with van der Waals surface area (Å²) in [5.41, 5.74) is 1.47. The average molecular weight is 430 g/mol. The lowest BCUT2D eigenvalue weighted by Gasteiger charge is -2.27. The molecule has 4 rings (SSSR count). The van der Waals surface area contributed by atoms with E-state index in [1.54, 1.807) is 24.3 Å². The SMILES string of the molecule is CCCCNC(=O)COC(=O)c1ccc(N2C(=O)c3cccc4cccc(c34)C2=O)cc1. The standard InChI is InChI=1S/C25H22N2O5/c1-2-3-14-26-21(28)15-32-25(31)17-10-12-18(13-11-17)27-23(29)19-8-4-6-16-7-5-9-20(22(16)19)24(27)30/h4-13H,2-3,14-15H2,1H3,(H,26,28). The highest BCUT2D eigenvalue weighted by molar-refractivity contribution is 6.35. The van der Waals surface area contributed by atoms with Gasteiger partial charge in [0.2, 0.25) is 0 Å². The van der Waals surface area contributed by atoms with Gasteiger partial charge in [-0.05, 0) is 48.2 Å². The number of carbonyl (C=O) groups is 4. The highest BCUT2D eigenvalue weighted by atomic mass is 16.5. The number of hydrogen-bond acceptors (Lipinski definition) is 5. The minimum absolute atomic E-state index is 0.217. The van der Waals surface area contributed by atoms with Gasteiger partial charge in [-0.25, -0.2) is 9.69 Å².